The van der Waals surface area contributed by atoms with Crippen LogP contribution in [0.5, 0.6) is 5.75 Å². The number of amides is 1. The van der Waals surface area contributed by atoms with E-state index in [0.29, 0.717) is 37.4 Å². The summed E-state index contributed by atoms with van der Waals surface area (Å²) >= 11 is 0. The minimum atomic E-state index is -0.383. The molecule has 0 N–H and O–H groups in total. The Labute approximate surface area is 175 Å². The number of nitro groups is 1. The number of rotatable bonds is 5. The Kier molecular flexibility index (Phi) is 5.74. The van der Waals surface area contributed by atoms with Crippen molar-refractivity contribution in [3.63, 3.8) is 0 Å². The number of ether oxygens (including phenoxy) is 1. The summed E-state index contributed by atoms with van der Waals surface area (Å²) < 4.78 is 5.21. The molecule has 0 bridgehead atoms. The average molecular weight is 410 g/mol. The van der Waals surface area contributed by atoms with E-state index in [1.807, 2.05) is 29.2 Å². The minimum absolute atomic E-state index is 0.0135. The summed E-state index contributed by atoms with van der Waals surface area (Å²) in [4.78, 5) is 30.6. The number of nitro benzene ring substituents is 1. The van der Waals surface area contributed by atoms with Gasteiger partial charge >= 0.3 is 0 Å². The van der Waals surface area contributed by atoms with Crippen LogP contribution in [0.1, 0.15) is 23.2 Å². The van der Waals surface area contributed by atoms with E-state index in [9.17, 15) is 14.9 Å². The van der Waals surface area contributed by atoms with Gasteiger partial charge in [-0.05, 0) is 43.2 Å². The zero-order valence-electron chi connectivity index (χ0n) is 17.1. The summed E-state index contributed by atoms with van der Waals surface area (Å²) in [6, 6.07) is 12.7. The third-order valence-corrected chi connectivity index (χ3v) is 5.87. The van der Waals surface area contributed by atoms with E-state index in [4.69, 9.17) is 4.74 Å². The monoisotopic (exact) mass is 410 g/mol. The molecule has 0 unspecified atom stereocenters. The lowest BCUT2D eigenvalue weighted by Crippen LogP contribution is -2.49. The maximum atomic E-state index is 13.3. The summed E-state index contributed by atoms with van der Waals surface area (Å²) in [5.74, 6) is 0.683. The van der Waals surface area contributed by atoms with Gasteiger partial charge in [0.25, 0.3) is 11.6 Å². The van der Waals surface area contributed by atoms with E-state index in [1.165, 1.54) is 6.07 Å². The van der Waals surface area contributed by atoms with E-state index < -0.39 is 0 Å². The first-order valence-electron chi connectivity index (χ1n) is 10.3. The van der Waals surface area contributed by atoms with Crippen molar-refractivity contribution in [3.8, 4) is 5.75 Å². The van der Waals surface area contributed by atoms with Crippen molar-refractivity contribution in [1.29, 1.82) is 0 Å². The first-order valence-corrected chi connectivity index (χ1v) is 10.3. The molecule has 2 aromatic rings. The van der Waals surface area contributed by atoms with E-state index in [2.05, 4.69) is 4.90 Å². The molecule has 2 aliphatic rings. The lowest BCUT2D eigenvalue weighted by Gasteiger charge is -2.36. The predicted molar refractivity (Wildman–Crippen MR) is 116 cm³/mol. The van der Waals surface area contributed by atoms with Crippen LogP contribution >= 0.6 is 0 Å². The number of nitrogens with zero attached hydrogens (tertiary/aromatic N) is 4. The maximum absolute atomic E-state index is 13.3. The zero-order chi connectivity index (χ0) is 21.1. The molecule has 0 aromatic heterocycles. The SMILES string of the molecule is COc1ccc(N2CCN(C(=O)c3cccc([N+](=O)[O-])c3N3CCCC3)CC2)cc1. The van der Waals surface area contributed by atoms with Crippen molar-refractivity contribution < 1.29 is 14.5 Å². The molecular weight excluding hydrogens is 384 g/mol. The van der Waals surface area contributed by atoms with Crippen LogP contribution in [0.3, 0.4) is 0 Å². The van der Waals surface area contributed by atoms with Crippen LogP contribution in [0.15, 0.2) is 42.5 Å². The van der Waals surface area contributed by atoms with Gasteiger partial charge in [0.2, 0.25) is 0 Å². The summed E-state index contributed by atoms with van der Waals surface area (Å²) in [5.41, 5.74) is 2.02. The van der Waals surface area contributed by atoms with Gasteiger partial charge in [-0.3, -0.25) is 14.9 Å². The number of carbonyl (C=O) groups excluding carboxylic acids is 1. The van der Waals surface area contributed by atoms with Crippen LogP contribution in [0.4, 0.5) is 17.1 Å². The van der Waals surface area contributed by atoms with Crippen molar-refractivity contribution in [3.05, 3.63) is 58.1 Å². The number of piperazine rings is 1. The van der Waals surface area contributed by atoms with E-state index in [-0.39, 0.29) is 16.5 Å². The van der Waals surface area contributed by atoms with Gasteiger partial charge in [0.1, 0.15) is 11.4 Å². The minimum Gasteiger partial charge on any atom is -0.497 e. The Hall–Kier alpha value is -3.29. The average Bonchev–Trinajstić information content (AvgIpc) is 3.33. The van der Waals surface area contributed by atoms with Crippen LogP contribution in [0.25, 0.3) is 0 Å². The highest BCUT2D eigenvalue weighted by Crippen LogP contribution is 2.35. The molecule has 30 heavy (non-hydrogen) atoms. The van der Waals surface area contributed by atoms with Crippen molar-refractivity contribution in [2.75, 3.05) is 56.2 Å². The number of methoxy groups -OCH3 is 1. The summed E-state index contributed by atoms with van der Waals surface area (Å²) in [6.45, 7) is 4.07. The lowest BCUT2D eigenvalue weighted by atomic mass is 10.1. The fourth-order valence-corrected chi connectivity index (χ4v) is 4.26. The molecule has 2 aliphatic heterocycles. The number of benzene rings is 2. The molecule has 0 spiro atoms. The molecule has 8 heteroatoms. The van der Waals surface area contributed by atoms with Crippen LogP contribution in [-0.2, 0) is 0 Å². The van der Waals surface area contributed by atoms with Gasteiger partial charge in [-0.2, -0.15) is 0 Å². The molecule has 2 heterocycles. The van der Waals surface area contributed by atoms with Gasteiger partial charge < -0.3 is 19.4 Å². The number of carbonyl (C=O) groups is 1. The Morgan fingerprint density at radius 1 is 0.933 bits per heavy atom. The lowest BCUT2D eigenvalue weighted by molar-refractivity contribution is -0.384. The first-order chi connectivity index (χ1) is 14.6. The molecule has 2 saturated heterocycles. The molecule has 158 valence electrons. The van der Waals surface area contributed by atoms with Gasteiger partial charge in [-0.15, -0.1) is 0 Å². The van der Waals surface area contributed by atoms with E-state index in [1.54, 1.807) is 24.1 Å². The van der Waals surface area contributed by atoms with Crippen LogP contribution in [0, 0.1) is 10.1 Å². The molecule has 0 saturated carbocycles. The molecule has 2 aromatic carbocycles. The third kappa shape index (κ3) is 3.90. The summed E-state index contributed by atoms with van der Waals surface area (Å²) in [6.07, 6.45) is 1.97. The highest BCUT2D eigenvalue weighted by Gasteiger charge is 2.31. The van der Waals surface area contributed by atoms with Crippen molar-refractivity contribution in [2.24, 2.45) is 0 Å². The molecule has 8 nitrogen and oxygen atoms in total. The van der Waals surface area contributed by atoms with Crippen molar-refractivity contribution in [1.82, 2.24) is 4.90 Å². The maximum Gasteiger partial charge on any atom is 0.293 e. The van der Waals surface area contributed by atoms with Gasteiger partial charge in [-0.25, -0.2) is 0 Å². The van der Waals surface area contributed by atoms with Crippen molar-refractivity contribution in [2.45, 2.75) is 12.8 Å². The quantitative estimate of drug-likeness (QED) is 0.557. The normalized spacial score (nSPS) is 16.6. The van der Waals surface area contributed by atoms with E-state index in [0.717, 1.165) is 37.4 Å². The fourth-order valence-electron chi connectivity index (χ4n) is 4.26. The van der Waals surface area contributed by atoms with Crippen LogP contribution in [0.2, 0.25) is 0 Å². The Morgan fingerprint density at radius 3 is 2.20 bits per heavy atom. The second-order valence-corrected chi connectivity index (χ2v) is 7.60. The second-order valence-electron chi connectivity index (χ2n) is 7.60. The number of para-hydroxylation sites is 1. The largest absolute Gasteiger partial charge is 0.497 e. The van der Waals surface area contributed by atoms with Crippen LogP contribution in [-0.4, -0.2) is 62.1 Å². The van der Waals surface area contributed by atoms with Gasteiger partial charge in [0.15, 0.2) is 0 Å². The van der Waals surface area contributed by atoms with Crippen molar-refractivity contribution >= 4 is 23.0 Å². The highest BCUT2D eigenvalue weighted by atomic mass is 16.6. The Bertz CT molecular complexity index is 917. The summed E-state index contributed by atoms with van der Waals surface area (Å²) in [5, 5.41) is 11.6. The molecule has 1 amide bonds. The standard InChI is InChI=1S/C22H26N4O4/c1-30-18-9-7-17(8-10-18)23-13-15-25(16-14-23)22(27)19-5-4-6-20(26(28)29)21(19)24-11-2-3-12-24/h4-10H,2-3,11-16H2,1H3. The first kappa shape index (κ1) is 20.0. The number of anilines is 2. The third-order valence-electron chi connectivity index (χ3n) is 5.87. The molecule has 2 fully saturated rings. The smallest absolute Gasteiger partial charge is 0.293 e. The Morgan fingerprint density at radius 2 is 1.60 bits per heavy atom. The molecule has 0 radical (unpaired) electrons. The van der Waals surface area contributed by atoms with Gasteiger partial charge in [0, 0.05) is 51.0 Å². The van der Waals surface area contributed by atoms with Gasteiger partial charge in [-0.1, -0.05) is 6.07 Å². The molecule has 0 atom stereocenters. The van der Waals surface area contributed by atoms with E-state index >= 15 is 0 Å². The number of hydrogen-bond donors (Lipinski definition) is 0. The zero-order valence-corrected chi connectivity index (χ0v) is 17.1. The summed E-state index contributed by atoms with van der Waals surface area (Å²) in [7, 11) is 1.64. The fraction of sp³-hybridized carbons (Fsp3) is 0.409. The topological polar surface area (TPSA) is 79.2 Å². The Balaban J connectivity index is 1.51. The second kappa shape index (κ2) is 8.61. The van der Waals surface area contributed by atoms with Gasteiger partial charge in [0.05, 0.1) is 17.6 Å². The molecule has 0 aliphatic carbocycles. The molecule has 4 rings (SSSR count). The predicted octanol–water partition coefficient (Wildman–Crippen LogP) is 3.17. The number of hydrogen-bond acceptors (Lipinski definition) is 6. The molecular formula is C22H26N4O4. The highest BCUT2D eigenvalue weighted by molar-refractivity contribution is 6.02. The van der Waals surface area contributed by atoms with Crippen LogP contribution < -0.4 is 14.5 Å².